The number of ether oxygens (including phenoxy) is 1. The number of rotatable bonds is 6. The van der Waals surface area contributed by atoms with Crippen molar-refractivity contribution in [3.05, 3.63) is 53.9 Å². The van der Waals surface area contributed by atoms with Crippen molar-refractivity contribution in [2.75, 3.05) is 32.1 Å². The highest BCUT2D eigenvalue weighted by Gasteiger charge is 2.32. The zero-order chi connectivity index (χ0) is 21.7. The lowest BCUT2D eigenvalue weighted by atomic mass is 9.99. The second-order valence-electron chi connectivity index (χ2n) is 7.58. The molecule has 0 unspecified atom stereocenters. The van der Waals surface area contributed by atoms with Crippen molar-refractivity contribution < 1.29 is 19.4 Å². The normalized spacial score (nSPS) is 19.9. The first-order chi connectivity index (χ1) is 14.4. The molecule has 0 spiro atoms. The van der Waals surface area contributed by atoms with Crippen LogP contribution < -0.4 is 15.4 Å². The van der Waals surface area contributed by atoms with Crippen LogP contribution in [0, 0.1) is 5.92 Å². The molecule has 2 aromatic rings. The Hall–Kier alpha value is -2.97. The Labute approximate surface area is 176 Å². The molecule has 1 aliphatic heterocycles. The van der Waals surface area contributed by atoms with E-state index in [1.54, 1.807) is 47.6 Å². The minimum atomic E-state index is -0.337. The predicted molar refractivity (Wildman–Crippen MR) is 114 cm³/mol. The summed E-state index contributed by atoms with van der Waals surface area (Å²) < 4.78 is 6.17. The SMILES string of the molecule is CNC[C@@H]1Oc2ccc(NC(=O)c3ccncc3)cc2C(=O)N([C@@H](C)CO)C[C@@H]1C. The number of carbonyl (C=O) groups is 2. The van der Waals surface area contributed by atoms with Gasteiger partial charge in [0.1, 0.15) is 11.9 Å². The number of nitrogens with one attached hydrogen (secondary N) is 2. The first kappa shape index (κ1) is 21.7. The lowest BCUT2D eigenvalue weighted by Gasteiger charge is -2.37. The molecule has 0 saturated heterocycles. The predicted octanol–water partition coefficient (Wildman–Crippen LogP) is 1.77. The van der Waals surface area contributed by atoms with Crippen LogP contribution in [-0.4, -0.2) is 65.7 Å². The topological polar surface area (TPSA) is 104 Å². The summed E-state index contributed by atoms with van der Waals surface area (Å²) in [6.45, 7) is 4.79. The lowest BCUT2D eigenvalue weighted by Crippen LogP contribution is -2.49. The van der Waals surface area contributed by atoms with Crippen molar-refractivity contribution in [3.63, 3.8) is 0 Å². The largest absolute Gasteiger partial charge is 0.488 e. The molecular weight excluding hydrogens is 384 g/mol. The molecule has 0 saturated carbocycles. The molecular formula is C22H28N4O4. The number of benzene rings is 1. The number of fused-ring (bicyclic) bond motifs is 1. The van der Waals surface area contributed by atoms with E-state index >= 15 is 0 Å². The van der Waals surface area contributed by atoms with Gasteiger partial charge in [0.05, 0.1) is 18.2 Å². The molecule has 8 heteroatoms. The molecule has 8 nitrogen and oxygen atoms in total. The highest BCUT2D eigenvalue weighted by Crippen LogP contribution is 2.30. The molecule has 0 radical (unpaired) electrons. The summed E-state index contributed by atoms with van der Waals surface area (Å²) in [5.41, 5.74) is 1.32. The van der Waals surface area contributed by atoms with Crippen LogP contribution in [0.5, 0.6) is 5.75 Å². The third kappa shape index (κ3) is 4.77. The van der Waals surface area contributed by atoms with Crippen LogP contribution in [0.2, 0.25) is 0 Å². The van der Waals surface area contributed by atoms with E-state index in [1.165, 1.54) is 0 Å². The van der Waals surface area contributed by atoms with Crippen molar-refractivity contribution in [1.82, 2.24) is 15.2 Å². The summed E-state index contributed by atoms with van der Waals surface area (Å²) in [6, 6.07) is 7.94. The Morgan fingerprint density at radius 2 is 2.07 bits per heavy atom. The number of aliphatic hydroxyl groups is 1. The van der Waals surface area contributed by atoms with Gasteiger partial charge in [0.15, 0.2) is 0 Å². The number of carbonyl (C=O) groups excluding carboxylic acids is 2. The maximum absolute atomic E-state index is 13.3. The van der Waals surface area contributed by atoms with E-state index in [-0.39, 0.29) is 36.5 Å². The van der Waals surface area contributed by atoms with Gasteiger partial charge in [-0.05, 0) is 44.3 Å². The van der Waals surface area contributed by atoms with E-state index in [1.807, 2.05) is 20.9 Å². The fourth-order valence-corrected chi connectivity index (χ4v) is 3.45. The second kappa shape index (κ2) is 9.69. The fraction of sp³-hybridized carbons (Fsp3) is 0.409. The van der Waals surface area contributed by atoms with Gasteiger partial charge in [-0.25, -0.2) is 0 Å². The Bertz CT molecular complexity index is 890. The molecule has 3 rings (SSSR count). The molecule has 1 aliphatic rings. The number of hydrogen-bond donors (Lipinski definition) is 3. The van der Waals surface area contributed by atoms with E-state index in [0.717, 1.165) is 0 Å². The number of amides is 2. The van der Waals surface area contributed by atoms with Crippen molar-refractivity contribution in [2.24, 2.45) is 5.92 Å². The molecule has 30 heavy (non-hydrogen) atoms. The third-order valence-corrected chi connectivity index (χ3v) is 5.27. The van der Waals surface area contributed by atoms with Crippen LogP contribution in [-0.2, 0) is 0 Å². The fourth-order valence-electron chi connectivity index (χ4n) is 3.45. The van der Waals surface area contributed by atoms with E-state index in [9.17, 15) is 14.7 Å². The van der Waals surface area contributed by atoms with Gasteiger partial charge in [0.25, 0.3) is 11.8 Å². The van der Waals surface area contributed by atoms with Gasteiger partial charge in [0, 0.05) is 42.7 Å². The standard InChI is InChI=1S/C22H28N4O4/c1-14-12-26(15(2)13-27)22(29)18-10-17(4-5-19(18)30-20(14)11-23-3)25-21(28)16-6-8-24-9-7-16/h4-10,14-15,20,23,27H,11-13H2,1-3H3,(H,25,28)/t14-,15-,20-/m0/s1. The Balaban J connectivity index is 1.95. The van der Waals surface area contributed by atoms with Crippen molar-refractivity contribution >= 4 is 17.5 Å². The van der Waals surface area contributed by atoms with Gasteiger partial charge in [0.2, 0.25) is 0 Å². The van der Waals surface area contributed by atoms with Gasteiger partial charge < -0.3 is 25.4 Å². The van der Waals surface area contributed by atoms with Crippen LogP contribution in [0.1, 0.15) is 34.6 Å². The molecule has 2 amide bonds. The highest BCUT2D eigenvalue weighted by atomic mass is 16.5. The van der Waals surface area contributed by atoms with E-state index in [4.69, 9.17) is 4.74 Å². The van der Waals surface area contributed by atoms with E-state index in [0.29, 0.717) is 35.7 Å². The minimum Gasteiger partial charge on any atom is -0.488 e. The second-order valence-corrected chi connectivity index (χ2v) is 7.58. The Kier molecular flexibility index (Phi) is 7.02. The summed E-state index contributed by atoms with van der Waals surface area (Å²) >= 11 is 0. The quantitative estimate of drug-likeness (QED) is 0.668. The maximum atomic E-state index is 13.3. The first-order valence-electron chi connectivity index (χ1n) is 10.0. The number of anilines is 1. The number of aliphatic hydroxyl groups excluding tert-OH is 1. The van der Waals surface area contributed by atoms with Crippen molar-refractivity contribution in [1.29, 1.82) is 0 Å². The van der Waals surface area contributed by atoms with Crippen LogP contribution in [0.15, 0.2) is 42.7 Å². The number of pyridine rings is 1. The molecule has 1 aromatic heterocycles. The molecule has 2 heterocycles. The van der Waals surface area contributed by atoms with Crippen LogP contribution in [0.3, 0.4) is 0 Å². The van der Waals surface area contributed by atoms with E-state index < -0.39 is 0 Å². The molecule has 0 fully saturated rings. The third-order valence-electron chi connectivity index (χ3n) is 5.27. The van der Waals surface area contributed by atoms with Gasteiger partial charge in [-0.3, -0.25) is 14.6 Å². The average molecular weight is 412 g/mol. The number of likely N-dealkylation sites (N-methyl/N-ethyl adjacent to an activating group) is 1. The highest BCUT2D eigenvalue weighted by molar-refractivity contribution is 6.05. The van der Waals surface area contributed by atoms with Gasteiger partial charge in [-0.15, -0.1) is 0 Å². The Morgan fingerprint density at radius 1 is 1.33 bits per heavy atom. The van der Waals surface area contributed by atoms with Crippen LogP contribution in [0.25, 0.3) is 0 Å². The van der Waals surface area contributed by atoms with Crippen LogP contribution >= 0.6 is 0 Å². The summed E-state index contributed by atoms with van der Waals surface area (Å²) in [4.78, 5) is 31.4. The molecule has 3 atom stereocenters. The van der Waals surface area contributed by atoms with Crippen LogP contribution in [0.4, 0.5) is 5.69 Å². The first-order valence-corrected chi connectivity index (χ1v) is 10.0. The zero-order valence-corrected chi connectivity index (χ0v) is 17.5. The van der Waals surface area contributed by atoms with Gasteiger partial charge in [-0.1, -0.05) is 6.92 Å². The molecule has 160 valence electrons. The molecule has 0 bridgehead atoms. The molecule has 3 N–H and O–H groups in total. The van der Waals surface area contributed by atoms with Gasteiger partial charge >= 0.3 is 0 Å². The van der Waals surface area contributed by atoms with Crippen molar-refractivity contribution in [2.45, 2.75) is 26.0 Å². The number of aromatic nitrogens is 1. The van der Waals surface area contributed by atoms with E-state index in [2.05, 4.69) is 15.6 Å². The lowest BCUT2D eigenvalue weighted by molar-refractivity contribution is 0.0415. The van der Waals surface area contributed by atoms with Crippen molar-refractivity contribution in [3.8, 4) is 5.75 Å². The minimum absolute atomic E-state index is 0.0645. The smallest absolute Gasteiger partial charge is 0.258 e. The number of nitrogens with zero attached hydrogens (tertiary/aromatic N) is 2. The average Bonchev–Trinajstić information content (AvgIpc) is 2.76. The number of hydrogen-bond acceptors (Lipinski definition) is 6. The summed E-state index contributed by atoms with van der Waals surface area (Å²) in [5.74, 6) is -0.00128. The maximum Gasteiger partial charge on any atom is 0.258 e. The molecule has 0 aliphatic carbocycles. The monoisotopic (exact) mass is 412 g/mol. The zero-order valence-electron chi connectivity index (χ0n) is 17.5. The molecule has 1 aromatic carbocycles. The summed E-state index contributed by atoms with van der Waals surface area (Å²) in [6.07, 6.45) is 2.95. The van der Waals surface area contributed by atoms with Gasteiger partial charge in [-0.2, -0.15) is 0 Å². The Morgan fingerprint density at radius 3 is 2.73 bits per heavy atom. The summed E-state index contributed by atoms with van der Waals surface area (Å²) in [7, 11) is 1.85. The summed E-state index contributed by atoms with van der Waals surface area (Å²) in [5, 5.41) is 15.6.